The van der Waals surface area contributed by atoms with Crippen molar-refractivity contribution in [2.75, 3.05) is 17.6 Å². The van der Waals surface area contributed by atoms with Gasteiger partial charge in [-0.1, -0.05) is 5.16 Å². The number of nitrogens with one attached hydrogen (secondary N) is 1. The summed E-state index contributed by atoms with van der Waals surface area (Å²) in [6, 6.07) is 2.01. The molecule has 0 radical (unpaired) electrons. The van der Waals surface area contributed by atoms with Crippen molar-refractivity contribution in [3.05, 3.63) is 22.2 Å². The van der Waals surface area contributed by atoms with Gasteiger partial charge in [-0.05, 0) is 6.92 Å². The topological polar surface area (TPSA) is 118 Å². The van der Waals surface area contributed by atoms with Gasteiger partial charge in [-0.15, -0.1) is 11.3 Å². The van der Waals surface area contributed by atoms with E-state index < -0.39 is 0 Å². The van der Waals surface area contributed by atoms with Gasteiger partial charge in [0.25, 0.3) is 0 Å². The molecular formula is C12H13N5O2S. The Bertz CT molecular complexity index is 683. The second kappa shape index (κ2) is 5.71. The highest BCUT2D eigenvalue weighted by atomic mass is 32.1. The Morgan fingerprint density at radius 1 is 1.60 bits per heavy atom. The number of hydrogen-bond acceptors (Lipinski definition) is 8. The Morgan fingerprint density at radius 3 is 2.90 bits per heavy atom. The second-order valence-electron chi connectivity index (χ2n) is 4.13. The number of carbonyl (C=O) groups excluding carboxylic acids is 1. The number of nitrogens with zero attached hydrogens (tertiary/aromatic N) is 3. The van der Waals surface area contributed by atoms with Crippen LogP contribution in [-0.4, -0.2) is 22.5 Å². The summed E-state index contributed by atoms with van der Waals surface area (Å²) >= 11 is 1.18. The molecule has 0 aliphatic heterocycles. The zero-order valence-corrected chi connectivity index (χ0v) is 11.9. The molecule has 8 heteroatoms. The summed E-state index contributed by atoms with van der Waals surface area (Å²) in [5.41, 5.74) is 6.33. The number of thiophene rings is 1. The molecule has 0 aliphatic carbocycles. The summed E-state index contributed by atoms with van der Waals surface area (Å²) in [4.78, 5) is 15.9. The summed E-state index contributed by atoms with van der Waals surface area (Å²) < 4.78 is 4.98. The normalized spacial score (nSPS) is 10.2. The monoisotopic (exact) mass is 291 g/mol. The van der Waals surface area contributed by atoms with E-state index in [2.05, 4.69) is 15.5 Å². The fourth-order valence-corrected chi connectivity index (χ4v) is 2.66. The maximum atomic E-state index is 11.4. The minimum absolute atomic E-state index is 0.149. The summed E-state index contributed by atoms with van der Waals surface area (Å²) in [5.74, 6) is 0.950. The van der Waals surface area contributed by atoms with E-state index in [1.807, 2.05) is 6.07 Å². The zero-order valence-electron chi connectivity index (χ0n) is 11.1. The number of anilines is 2. The van der Waals surface area contributed by atoms with Gasteiger partial charge in [-0.2, -0.15) is 10.2 Å². The molecule has 2 aromatic rings. The first-order valence-electron chi connectivity index (χ1n) is 5.89. The van der Waals surface area contributed by atoms with Crippen molar-refractivity contribution in [1.82, 2.24) is 10.1 Å². The lowest BCUT2D eigenvalue weighted by Gasteiger charge is -2.01. The molecule has 0 amide bonds. The molecule has 0 saturated carbocycles. The number of aromatic nitrogens is 2. The highest BCUT2D eigenvalue weighted by molar-refractivity contribution is 7.18. The Hall–Kier alpha value is -2.40. The fraction of sp³-hybridized carbons (Fsp3) is 0.333. The molecule has 0 fully saturated rings. The van der Waals surface area contributed by atoms with Crippen molar-refractivity contribution in [3.63, 3.8) is 0 Å². The van der Waals surface area contributed by atoms with Crippen molar-refractivity contribution < 1.29 is 9.32 Å². The highest BCUT2D eigenvalue weighted by Gasteiger charge is 2.18. The van der Waals surface area contributed by atoms with Crippen LogP contribution in [-0.2, 0) is 6.42 Å². The van der Waals surface area contributed by atoms with Gasteiger partial charge in [0.05, 0.1) is 10.6 Å². The predicted octanol–water partition coefficient (Wildman–Crippen LogP) is 1.75. The maximum absolute atomic E-state index is 11.4. The molecule has 2 heterocycles. The highest BCUT2D eigenvalue weighted by Crippen LogP contribution is 2.35. The SMILES string of the molecule is CC(=O)c1sc(NCCc2nc(C)no2)c(C#N)c1N. The number of ketones is 1. The van der Waals surface area contributed by atoms with Gasteiger partial charge in [0, 0.05) is 19.9 Å². The van der Waals surface area contributed by atoms with Gasteiger partial charge >= 0.3 is 0 Å². The van der Waals surface area contributed by atoms with Gasteiger partial charge in [-0.3, -0.25) is 4.79 Å². The smallest absolute Gasteiger partial charge is 0.228 e. The zero-order chi connectivity index (χ0) is 14.7. The van der Waals surface area contributed by atoms with Crippen molar-refractivity contribution in [2.45, 2.75) is 20.3 Å². The van der Waals surface area contributed by atoms with Crippen LogP contribution in [0.15, 0.2) is 4.52 Å². The van der Waals surface area contributed by atoms with E-state index >= 15 is 0 Å². The van der Waals surface area contributed by atoms with Gasteiger partial charge in [0.1, 0.15) is 16.6 Å². The van der Waals surface area contributed by atoms with E-state index in [1.165, 1.54) is 18.3 Å². The molecule has 2 aromatic heterocycles. The molecule has 0 atom stereocenters. The van der Waals surface area contributed by atoms with Crippen LogP contribution in [0.25, 0.3) is 0 Å². The van der Waals surface area contributed by atoms with Crippen LogP contribution < -0.4 is 11.1 Å². The third-order valence-electron chi connectivity index (χ3n) is 2.57. The van der Waals surface area contributed by atoms with Crippen LogP contribution in [0.5, 0.6) is 0 Å². The van der Waals surface area contributed by atoms with E-state index in [4.69, 9.17) is 15.5 Å². The predicted molar refractivity (Wildman–Crippen MR) is 74.7 cm³/mol. The maximum Gasteiger partial charge on any atom is 0.228 e. The van der Waals surface area contributed by atoms with Crippen LogP contribution in [0.1, 0.15) is 33.9 Å². The molecule has 0 spiro atoms. The van der Waals surface area contributed by atoms with Crippen LogP contribution in [0, 0.1) is 18.3 Å². The number of rotatable bonds is 5. The number of nitrogens with two attached hydrogens (primary N) is 1. The number of hydrogen-bond donors (Lipinski definition) is 2. The first-order valence-corrected chi connectivity index (χ1v) is 6.71. The molecular weight excluding hydrogens is 278 g/mol. The minimum Gasteiger partial charge on any atom is -0.396 e. The molecule has 2 rings (SSSR count). The Labute approximate surface area is 119 Å². The summed E-state index contributed by atoms with van der Waals surface area (Å²) in [6.45, 7) is 3.68. The van der Waals surface area contributed by atoms with Gasteiger partial charge < -0.3 is 15.6 Å². The number of nitriles is 1. The van der Waals surface area contributed by atoms with Crippen molar-refractivity contribution in [1.29, 1.82) is 5.26 Å². The molecule has 7 nitrogen and oxygen atoms in total. The van der Waals surface area contributed by atoms with E-state index in [0.717, 1.165) is 0 Å². The first kappa shape index (κ1) is 14.0. The van der Waals surface area contributed by atoms with Crippen LogP contribution in [0.4, 0.5) is 10.7 Å². The largest absolute Gasteiger partial charge is 0.396 e. The molecule has 104 valence electrons. The third-order valence-corrected chi connectivity index (χ3v) is 3.83. The average Bonchev–Trinajstić information content (AvgIpc) is 2.94. The quantitative estimate of drug-likeness (QED) is 0.805. The fourth-order valence-electron chi connectivity index (χ4n) is 1.67. The van der Waals surface area contributed by atoms with E-state index in [0.29, 0.717) is 40.1 Å². The average molecular weight is 291 g/mol. The molecule has 3 N–H and O–H groups in total. The molecule has 0 unspecified atom stereocenters. The van der Waals surface area contributed by atoms with E-state index in [9.17, 15) is 4.79 Å². The van der Waals surface area contributed by atoms with Gasteiger partial charge in [0.15, 0.2) is 11.6 Å². The summed E-state index contributed by atoms with van der Waals surface area (Å²) in [5, 5.41) is 16.5. The van der Waals surface area contributed by atoms with Gasteiger partial charge in [0.2, 0.25) is 5.89 Å². The lowest BCUT2D eigenvalue weighted by Crippen LogP contribution is -2.05. The van der Waals surface area contributed by atoms with Crippen molar-refractivity contribution in [2.24, 2.45) is 0 Å². The summed E-state index contributed by atoms with van der Waals surface area (Å²) in [6.07, 6.45) is 0.527. The minimum atomic E-state index is -0.149. The molecule has 0 bridgehead atoms. The number of nitrogen functional groups attached to an aromatic ring is 1. The van der Waals surface area contributed by atoms with Crippen LogP contribution in [0.2, 0.25) is 0 Å². The molecule has 20 heavy (non-hydrogen) atoms. The standard InChI is InChI=1S/C12H13N5O2S/c1-6(18)11-10(14)8(5-13)12(20-11)15-4-3-9-16-7(2)17-19-9/h15H,3-4,14H2,1-2H3. The summed E-state index contributed by atoms with van der Waals surface area (Å²) in [7, 11) is 0. The van der Waals surface area contributed by atoms with Crippen LogP contribution in [0.3, 0.4) is 0 Å². The lowest BCUT2D eigenvalue weighted by molar-refractivity contribution is 0.102. The number of aryl methyl sites for hydroxylation is 1. The first-order chi connectivity index (χ1) is 9.52. The number of Topliss-reactive ketones (excluding diaryl/α,β-unsaturated/α-hetero) is 1. The number of carbonyl (C=O) groups is 1. The Balaban J connectivity index is 2.08. The lowest BCUT2D eigenvalue weighted by atomic mass is 10.2. The molecule has 0 aliphatic rings. The van der Waals surface area contributed by atoms with E-state index in [-0.39, 0.29) is 11.5 Å². The molecule has 0 aromatic carbocycles. The van der Waals surface area contributed by atoms with Crippen molar-refractivity contribution >= 4 is 27.8 Å². The Morgan fingerprint density at radius 2 is 2.35 bits per heavy atom. The second-order valence-corrected chi connectivity index (χ2v) is 5.15. The van der Waals surface area contributed by atoms with E-state index in [1.54, 1.807) is 6.92 Å². The molecule has 0 saturated heterocycles. The van der Waals surface area contributed by atoms with Crippen molar-refractivity contribution in [3.8, 4) is 6.07 Å². The van der Waals surface area contributed by atoms with Crippen LogP contribution >= 0.6 is 11.3 Å². The Kier molecular flexibility index (Phi) is 4.00. The third kappa shape index (κ3) is 2.78. The van der Waals surface area contributed by atoms with Gasteiger partial charge in [-0.25, -0.2) is 0 Å².